The van der Waals surface area contributed by atoms with E-state index in [1.807, 2.05) is 42.5 Å². The summed E-state index contributed by atoms with van der Waals surface area (Å²) in [5, 5.41) is 2.05. The quantitative estimate of drug-likeness (QED) is 0.124. The Balaban J connectivity index is 1.59. The van der Waals surface area contributed by atoms with Gasteiger partial charge in [0.15, 0.2) is 0 Å². The Hall–Kier alpha value is -2.88. The molecule has 0 spiro atoms. The first-order valence-corrected chi connectivity index (χ1v) is 10.9. The number of benzene rings is 2. The number of esters is 2. The Bertz CT molecular complexity index is 851. The van der Waals surface area contributed by atoms with E-state index in [1.165, 1.54) is 38.5 Å². The van der Waals surface area contributed by atoms with E-state index in [2.05, 4.69) is 6.92 Å². The molecule has 160 valence electrons. The zero-order chi connectivity index (χ0) is 21.4. The summed E-state index contributed by atoms with van der Waals surface area (Å²) in [5.74, 6) is -0.743. The van der Waals surface area contributed by atoms with Gasteiger partial charge in [0.05, 0.1) is 0 Å². The molecular weight excluding hydrogens is 376 g/mol. The van der Waals surface area contributed by atoms with Gasteiger partial charge in [0, 0.05) is 12.2 Å². The molecule has 0 saturated heterocycles. The molecule has 0 radical (unpaired) electrons. The van der Waals surface area contributed by atoms with Crippen molar-refractivity contribution in [3.05, 3.63) is 66.8 Å². The Morgan fingerprint density at radius 2 is 1.50 bits per heavy atom. The van der Waals surface area contributed by atoms with Crippen molar-refractivity contribution in [3.8, 4) is 5.75 Å². The first kappa shape index (κ1) is 23.4. The topological polar surface area (TPSA) is 52.6 Å². The fraction of sp³-hybridized carbons (Fsp3) is 0.385. The molecule has 30 heavy (non-hydrogen) atoms. The van der Waals surface area contributed by atoms with Gasteiger partial charge in [0.1, 0.15) is 12.4 Å². The third-order valence-electron chi connectivity index (χ3n) is 4.76. The molecule has 4 heteroatoms. The van der Waals surface area contributed by atoms with Crippen LogP contribution in [-0.2, 0) is 14.3 Å². The molecule has 0 unspecified atom stereocenters. The zero-order valence-corrected chi connectivity index (χ0v) is 17.8. The smallest absolute Gasteiger partial charge is 0.336 e. The van der Waals surface area contributed by atoms with E-state index in [9.17, 15) is 9.59 Å². The SMILES string of the molecule is CCCCCCCCC/C=C/COC(=O)/C=C/C(=O)Oc1ccc2ccccc2c1. The first-order valence-electron chi connectivity index (χ1n) is 10.9. The maximum Gasteiger partial charge on any atom is 0.336 e. The van der Waals surface area contributed by atoms with Crippen LogP contribution < -0.4 is 4.74 Å². The van der Waals surface area contributed by atoms with Crippen molar-refractivity contribution in [2.24, 2.45) is 0 Å². The highest BCUT2D eigenvalue weighted by molar-refractivity contribution is 5.93. The number of carbonyl (C=O) groups excluding carboxylic acids is 2. The molecule has 0 atom stereocenters. The second kappa shape index (κ2) is 14.2. The number of rotatable bonds is 13. The lowest BCUT2D eigenvalue weighted by atomic mass is 10.1. The molecule has 2 rings (SSSR count). The van der Waals surface area contributed by atoms with Gasteiger partial charge in [-0.25, -0.2) is 9.59 Å². The van der Waals surface area contributed by atoms with Crippen molar-refractivity contribution in [2.45, 2.75) is 58.3 Å². The molecule has 0 saturated carbocycles. The van der Waals surface area contributed by atoms with Crippen molar-refractivity contribution in [2.75, 3.05) is 6.61 Å². The average molecular weight is 409 g/mol. The van der Waals surface area contributed by atoms with Crippen molar-refractivity contribution in [1.82, 2.24) is 0 Å². The summed E-state index contributed by atoms with van der Waals surface area (Å²) in [7, 11) is 0. The summed E-state index contributed by atoms with van der Waals surface area (Å²) >= 11 is 0. The highest BCUT2D eigenvalue weighted by Gasteiger charge is 2.03. The van der Waals surface area contributed by atoms with Crippen LogP contribution in [0.25, 0.3) is 10.8 Å². The number of unbranched alkanes of at least 4 members (excludes halogenated alkanes) is 7. The van der Waals surface area contributed by atoms with Crippen LogP contribution in [0.3, 0.4) is 0 Å². The fourth-order valence-electron chi connectivity index (χ4n) is 3.10. The molecular formula is C26H32O4. The normalized spacial score (nSPS) is 11.4. The Morgan fingerprint density at radius 1 is 0.800 bits per heavy atom. The standard InChI is InChI=1S/C26H32O4/c1-2-3-4-5-6-7-8-9-10-13-20-29-25(27)18-19-26(28)30-24-17-16-22-14-11-12-15-23(22)21-24/h10-19,21H,2-9,20H2,1H3/b13-10+,19-18+. The molecule has 0 aliphatic rings. The molecule has 2 aromatic rings. The summed E-state index contributed by atoms with van der Waals surface area (Å²) in [6, 6.07) is 13.2. The highest BCUT2D eigenvalue weighted by Crippen LogP contribution is 2.20. The molecule has 0 fully saturated rings. The predicted octanol–water partition coefficient (Wildman–Crippen LogP) is 6.54. The van der Waals surface area contributed by atoms with Crippen LogP contribution in [0, 0.1) is 0 Å². The van der Waals surface area contributed by atoms with Gasteiger partial charge in [-0.3, -0.25) is 0 Å². The number of hydrogen-bond acceptors (Lipinski definition) is 4. The van der Waals surface area contributed by atoms with Gasteiger partial charge in [0.25, 0.3) is 0 Å². The van der Waals surface area contributed by atoms with Gasteiger partial charge in [-0.1, -0.05) is 87.9 Å². The minimum absolute atomic E-state index is 0.208. The van der Waals surface area contributed by atoms with Crippen molar-refractivity contribution >= 4 is 22.7 Å². The van der Waals surface area contributed by atoms with Gasteiger partial charge >= 0.3 is 11.9 Å². The van der Waals surface area contributed by atoms with Crippen LogP contribution in [0.15, 0.2) is 66.8 Å². The summed E-state index contributed by atoms with van der Waals surface area (Å²) in [5.41, 5.74) is 0. The van der Waals surface area contributed by atoms with Crippen molar-refractivity contribution < 1.29 is 19.1 Å². The van der Waals surface area contributed by atoms with E-state index in [0.29, 0.717) is 5.75 Å². The predicted molar refractivity (Wildman–Crippen MR) is 121 cm³/mol. The van der Waals surface area contributed by atoms with Crippen molar-refractivity contribution in [3.63, 3.8) is 0 Å². The number of fused-ring (bicyclic) bond motifs is 1. The van der Waals surface area contributed by atoms with E-state index in [1.54, 1.807) is 12.1 Å². The van der Waals surface area contributed by atoms with Gasteiger partial charge in [0.2, 0.25) is 0 Å². The lowest BCUT2D eigenvalue weighted by molar-refractivity contribution is -0.137. The molecule has 4 nitrogen and oxygen atoms in total. The Labute approximate surface area is 179 Å². The van der Waals surface area contributed by atoms with Crippen LogP contribution in [0.2, 0.25) is 0 Å². The van der Waals surface area contributed by atoms with Crippen LogP contribution in [0.4, 0.5) is 0 Å². The lowest BCUT2D eigenvalue weighted by Crippen LogP contribution is -2.06. The van der Waals surface area contributed by atoms with Crippen LogP contribution in [0.5, 0.6) is 5.75 Å². The van der Waals surface area contributed by atoms with E-state index in [-0.39, 0.29) is 6.61 Å². The van der Waals surface area contributed by atoms with E-state index in [0.717, 1.165) is 35.8 Å². The van der Waals surface area contributed by atoms with Crippen molar-refractivity contribution in [1.29, 1.82) is 0 Å². The van der Waals surface area contributed by atoms with Gasteiger partial charge in [-0.2, -0.15) is 0 Å². The third kappa shape index (κ3) is 9.55. The summed E-state index contributed by atoms with van der Waals surface area (Å²) in [4.78, 5) is 23.6. The van der Waals surface area contributed by atoms with Gasteiger partial charge < -0.3 is 9.47 Å². The zero-order valence-electron chi connectivity index (χ0n) is 17.8. The molecule has 0 N–H and O–H groups in total. The second-order valence-corrected chi connectivity index (χ2v) is 7.27. The Kier molecular flexibility index (Phi) is 11.0. The highest BCUT2D eigenvalue weighted by atomic mass is 16.5. The van der Waals surface area contributed by atoms with Crippen LogP contribution in [-0.4, -0.2) is 18.5 Å². The lowest BCUT2D eigenvalue weighted by Gasteiger charge is -2.03. The monoisotopic (exact) mass is 408 g/mol. The van der Waals surface area contributed by atoms with Gasteiger partial charge in [-0.05, 0) is 35.7 Å². The molecule has 2 aromatic carbocycles. The van der Waals surface area contributed by atoms with Crippen LogP contribution >= 0.6 is 0 Å². The second-order valence-electron chi connectivity index (χ2n) is 7.27. The molecule has 0 aliphatic heterocycles. The average Bonchev–Trinajstić information content (AvgIpc) is 2.76. The molecule has 0 bridgehead atoms. The van der Waals surface area contributed by atoms with E-state index >= 15 is 0 Å². The first-order chi connectivity index (χ1) is 14.7. The molecule has 0 amide bonds. The maximum atomic E-state index is 11.9. The number of allylic oxidation sites excluding steroid dienone is 1. The number of ether oxygens (including phenoxy) is 2. The largest absolute Gasteiger partial charge is 0.458 e. The van der Waals surface area contributed by atoms with E-state index < -0.39 is 11.9 Å². The Morgan fingerprint density at radius 3 is 2.30 bits per heavy atom. The third-order valence-corrected chi connectivity index (χ3v) is 4.76. The fourth-order valence-corrected chi connectivity index (χ4v) is 3.10. The minimum atomic E-state index is -0.614. The van der Waals surface area contributed by atoms with E-state index in [4.69, 9.17) is 9.47 Å². The number of hydrogen-bond donors (Lipinski definition) is 0. The summed E-state index contributed by atoms with van der Waals surface area (Å²) < 4.78 is 10.3. The molecule has 0 aromatic heterocycles. The van der Waals surface area contributed by atoms with Gasteiger partial charge in [-0.15, -0.1) is 0 Å². The van der Waals surface area contributed by atoms with Crippen LogP contribution in [0.1, 0.15) is 58.3 Å². The number of carbonyl (C=O) groups is 2. The maximum absolute atomic E-state index is 11.9. The summed E-state index contributed by atoms with van der Waals surface area (Å²) in [6.07, 6.45) is 16.0. The summed E-state index contributed by atoms with van der Waals surface area (Å²) in [6.45, 7) is 2.44. The molecule has 0 aliphatic carbocycles. The molecule has 0 heterocycles. The minimum Gasteiger partial charge on any atom is -0.458 e.